The molecule has 162 valence electrons. The molecule has 4 atom stereocenters. The molecule has 2 rings (SSSR count). The summed E-state index contributed by atoms with van der Waals surface area (Å²) in [5.74, 6) is -0.331. The fourth-order valence-electron chi connectivity index (χ4n) is 3.88. The van der Waals surface area contributed by atoms with Crippen LogP contribution in [0.3, 0.4) is 0 Å². The van der Waals surface area contributed by atoms with E-state index in [1.54, 1.807) is 0 Å². The Hall–Kier alpha value is -1.37. The molecule has 0 radical (unpaired) electrons. The maximum atomic E-state index is 12.3. The third-order valence-electron chi connectivity index (χ3n) is 5.64. The second-order valence-electron chi connectivity index (χ2n) is 8.45. The van der Waals surface area contributed by atoms with Gasteiger partial charge in [0.25, 0.3) is 0 Å². The summed E-state index contributed by atoms with van der Waals surface area (Å²) in [5.41, 5.74) is 0.336. The molecule has 3 N–H and O–H groups in total. The average Bonchev–Trinajstić information content (AvgIpc) is 2.94. The fraction of sp³-hybridized carbons (Fsp3) is 0.652. The van der Waals surface area contributed by atoms with Crippen LogP contribution >= 0.6 is 11.8 Å². The largest absolute Gasteiger partial charge is 0.481 e. The molecule has 1 fully saturated rings. The molecule has 0 bridgehead atoms. The number of ketones is 1. The summed E-state index contributed by atoms with van der Waals surface area (Å²) >= 11 is 1.52. The number of benzene rings is 1. The number of carboxylic acid groups (broad SMARTS) is 1. The number of aliphatic hydroxyl groups excluding tert-OH is 1. The summed E-state index contributed by atoms with van der Waals surface area (Å²) in [6.07, 6.45) is 5.19. The minimum absolute atomic E-state index is 0.115. The Bertz CT molecular complexity index is 646. The predicted octanol–water partition coefficient (Wildman–Crippen LogP) is 3.85. The molecule has 0 saturated heterocycles. The smallest absolute Gasteiger partial charge is 0.303 e. The number of thioether (sulfide) groups is 1. The molecule has 4 unspecified atom stereocenters. The quantitative estimate of drug-likeness (QED) is 0.418. The Morgan fingerprint density at radius 3 is 2.55 bits per heavy atom. The summed E-state index contributed by atoms with van der Waals surface area (Å²) < 4.78 is 0. The van der Waals surface area contributed by atoms with E-state index in [-0.39, 0.29) is 29.8 Å². The predicted molar refractivity (Wildman–Crippen MR) is 116 cm³/mol. The molecule has 1 saturated carbocycles. The first kappa shape index (κ1) is 23.9. The van der Waals surface area contributed by atoms with E-state index in [9.17, 15) is 19.8 Å². The highest BCUT2D eigenvalue weighted by Gasteiger charge is 2.42. The molecule has 0 spiro atoms. The van der Waals surface area contributed by atoms with E-state index in [0.29, 0.717) is 18.6 Å². The van der Waals surface area contributed by atoms with Gasteiger partial charge in [0.15, 0.2) is 0 Å². The zero-order valence-corrected chi connectivity index (χ0v) is 18.1. The van der Waals surface area contributed by atoms with Crippen molar-refractivity contribution in [2.45, 2.75) is 81.7 Å². The first-order valence-electron chi connectivity index (χ1n) is 10.6. The molecule has 0 aromatic heterocycles. The number of aliphatic hydroxyl groups is 2. The number of unbranched alkanes of at least 4 members (excludes halogenated alkanes) is 3. The maximum Gasteiger partial charge on any atom is 0.303 e. The Labute approximate surface area is 177 Å². The highest BCUT2D eigenvalue weighted by molar-refractivity contribution is 8.00. The van der Waals surface area contributed by atoms with E-state index in [1.807, 2.05) is 25.1 Å². The van der Waals surface area contributed by atoms with Gasteiger partial charge >= 0.3 is 5.97 Å². The maximum absolute atomic E-state index is 12.3. The number of aryl methyl sites for hydroxylation is 1. The third-order valence-corrected chi connectivity index (χ3v) is 7.45. The number of carbonyl (C=O) groups is 2. The molecule has 1 aliphatic rings. The molecular formula is C23H34O5S. The van der Waals surface area contributed by atoms with Crippen molar-refractivity contribution in [1.82, 2.24) is 0 Å². The number of Topliss-reactive ketones (excluding diaryl/α,β-unsaturated/α-hetero) is 1. The molecule has 5 nitrogen and oxygen atoms in total. The van der Waals surface area contributed by atoms with Crippen molar-refractivity contribution < 1.29 is 24.9 Å². The number of carbonyl (C=O) groups excluding carboxylic acids is 1. The molecular weight excluding hydrogens is 388 g/mol. The first-order chi connectivity index (χ1) is 13.8. The second-order valence-corrected chi connectivity index (χ2v) is 9.62. The lowest BCUT2D eigenvalue weighted by Gasteiger charge is -2.27. The lowest BCUT2D eigenvalue weighted by atomic mass is 9.97. The SMILES string of the molecule is CC(O)(CCc1ccccc1)CSC1C(O)CC(=O)C1CCCCCCC(=O)O. The van der Waals surface area contributed by atoms with E-state index in [0.717, 1.165) is 32.1 Å². The van der Waals surface area contributed by atoms with Gasteiger partial charge in [-0.3, -0.25) is 9.59 Å². The van der Waals surface area contributed by atoms with E-state index in [2.05, 4.69) is 12.1 Å². The lowest BCUT2D eigenvalue weighted by Crippen LogP contribution is -2.32. The molecule has 29 heavy (non-hydrogen) atoms. The van der Waals surface area contributed by atoms with Gasteiger partial charge in [-0.25, -0.2) is 0 Å². The highest BCUT2D eigenvalue weighted by atomic mass is 32.2. The van der Waals surface area contributed by atoms with Gasteiger partial charge in [0.05, 0.1) is 11.7 Å². The Kier molecular flexibility index (Phi) is 9.66. The van der Waals surface area contributed by atoms with Gasteiger partial charge in [0.2, 0.25) is 0 Å². The van der Waals surface area contributed by atoms with Crippen LogP contribution in [0.15, 0.2) is 30.3 Å². The van der Waals surface area contributed by atoms with Crippen LogP contribution in [0.1, 0.15) is 63.9 Å². The van der Waals surface area contributed by atoms with Crippen molar-refractivity contribution >= 4 is 23.5 Å². The summed E-state index contributed by atoms with van der Waals surface area (Å²) in [6, 6.07) is 10.1. The minimum Gasteiger partial charge on any atom is -0.481 e. The van der Waals surface area contributed by atoms with E-state index < -0.39 is 17.7 Å². The molecule has 1 aromatic rings. The number of aliphatic carboxylic acids is 1. The van der Waals surface area contributed by atoms with Gasteiger partial charge in [0.1, 0.15) is 5.78 Å². The van der Waals surface area contributed by atoms with Crippen molar-refractivity contribution in [2.75, 3.05) is 5.75 Å². The van der Waals surface area contributed by atoms with Gasteiger partial charge in [-0.05, 0) is 38.2 Å². The van der Waals surface area contributed by atoms with Gasteiger partial charge in [0, 0.05) is 29.8 Å². The number of hydrogen-bond acceptors (Lipinski definition) is 5. The molecule has 0 amide bonds. The van der Waals surface area contributed by atoms with Crippen LogP contribution < -0.4 is 0 Å². The van der Waals surface area contributed by atoms with E-state index in [4.69, 9.17) is 5.11 Å². The number of rotatable bonds is 13. The van der Waals surface area contributed by atoms with Crippen LogP contribution in [0, 0.1) is 5.92 Å². The van der Waals surface area contributed by atoms with Crippen molar-refractivity contribution in [3.05, 3.63) is 35.9 Å². The first-order valence-corrected chi connectivity index (χ1v) is 11.6. The minimum atomic E-state index is -0.854. The number of hydrogen-bond donors (Lipinski definition) is 3. The van der Waals surface area contributed by atoms with Crippen LogP contribution in [0.25, 0.3) is 0 Å². The summed E-state index contributed by atoms with van der Waals surface area (Å²) in [5, 5.41) is 29.6. The monoisotopic (exact) mass is 422 g/mol. The standard InChI is InChI=1S/C23H34O5S/c1-23(28,14-13-17-9-5-4-6-10-17)16-29-22-18(19(24)15-20(22)25)11-7-2-3-8-12-21(26)27/h4-6,9-10,18,20,22,25,28H,2-3,7-8,11-16H2,1H3,(H,26,27). The van der Waals surface area contributed by atoms with Gasteiger partial charge in [-0.2, -0.15) is 11.8 Å². The van der Waals surface area contributed by atoms with Gasteiger partial charge < -0.3 is 15.3 Å². The highest BCUT2D eigenvalue weighted by Crippen LogP contribution is 2.38. The van der Waals surface area contributed by atoms with Crippen LogP contribution in [0.2, 0.25) is 0 Å². The van der Waals surface area contributed by atoms with Crippen molar-refractivity contribution in [3.8, 4) is 0 Å². The van der Waals surface area contributed by atoms with Crippen LogP contribution in [0.4, 0.5) is 0 Å². The topological polar surface area (TPSA) is 94.8 Å². The summed E-state index contributed by atoms with van der Waals surface area (Å²) in [7, 11) is 0. The Balaban J connectivity index is 1.77. The summed E-state index contributed by atoms with van der Waals surface area (Å²) in [6.45, 7) is 1.82. The van der Waals surface area contributed by atoms with Crippen molar-refractivity contribution in [1.29, 1.82) is 0 Å². The lowest BCUT2D eigenvalue weighted by molar-refractivity contribution is -0.137. The average molecular weight is 423 g/mol. The molecule has 6 heteroatoms. The normalized spacial score (nSPS) is 23.8. The Morgan fingerprint density at radius 2 is 1.86 bits per heavy atom. The van der Waals surface area contributed by atoms with Crippen LogP contribution in [-0.2, 0) is 16.0 Å². The van der Waals surface area contributed by atoms with E-state index >= 15 is 0 Å². The third kappa shape index (κ3) is 8.49. The van der Waals surface area contributed by atoms with E-state index in [1.165, 1.54) is 17.3 Å². The van der Waals surface area contributed by atoms with Crippen molar-refractivity contribution in [3.63, 3.8) is 0 Å². The zero-order valence-electron chi connectivity index (χ0n) is 17.3. The van der Waals surface area contributed by atoms with Crippen LogP contribution in [-0.4, -0.2) is 49.8 Å². The van der Waals surface area contributed by atoms with Crippen molar-refractivity contribution in [2.24, 2.45) is 5.92 Å². The molecule has 1 aliphatic carbocycles. The summed E-state index contributed by atoms with van der Waals surface area (Å²) in [4.78, 5) is 22.9. The van der Waals surface area contributed by atoms with Gasteiger partial charge in [-0.15, -0.1) is 0 Å². The molecule has 1 aromatic carbocycles. The second kappa shape index (κ2) is 11.7. The van der Waals surface area contributed by atoms with Gasteiger partial charge in [-0.1, -0.05) is 49.6 Å². The van der Waals surface area contributed by atoms with Crippen LogP contribution in [0.5, 0.6) is 0 Å². The fourth-order valence-corrected chi connectivity index (χ4v) is 5.41. The number of carboxylic acids is 1. The molecule has 0 heterocycles. The Morgan fingerprint density at radius 1 is 1.17 bits per heavy atom. The zero-order chi connectivity index (χ0) is 21.3. The molecule has 0 aliphatic heterocycles.